The van der Waals surface area contributed by atoms with E-state index < -0.39 is 0 Å². The van der Waals surface area contributed by atoms with Crippen molar-refractivity contribution in [2.45, 2.75) is 137 Å². The molecule has 0 radical (unpaired) electrons. The third-order valence-corrected chi connectivity index (χ3v) is 12.2. The molecule has 4 fully saturated rings. The van der Waals surface area contributed by atoms with Gasteiger partial charge >= 0.3 is 5.97 Å². The highest BCUT2D eigenvalue weighted by Gasteiger charge is 2.64. The molecule has 0 aromatic heterocycles. The van der Waals surface area contributed by atoms with Gasteiger partial charge in [-0.2, -0.15) is 0 Å². The van der Waals surface area contributed by atoms with Gasteiger partial charge in [0, 0.05) is 6.42 Å². The zero-order valence-electron chi connectivity index (χ0n) is 24.0. The van der Waals surface area contributed by atoms with Crippen LogP contribution in [0.3, 0.4) is 0 Å². The number of esters is 1. The Kier molecular flexibility index (Phi) is 9.18. The summed E-state index contributed by atoms with van der Waals surface area (Å²) in [4.78, 5) is 12.2. The van der Waals surface area contributed by atoms with Gasteiger partial charge in [-0.05, 0) is 110 Å². The Morgan fingerprint density at radius 1 is 0.944 bits per heavy atom. The molecule has 0 spiro atoms. The first-order valence-electron chi connectivity index (χ1n) is 15.7. The molecule has 0 aliphatic heterocycles. The first kappa shape index (κ1) is 28.4. The van der Waals surface area contributed by atoms with E-state index in [4.69, 9.17) is 4.74 Å². The van der Waals surface area contributed by atoms with E-state index in [2.05, 4.69) is 34.6 Å². The van der Waals surface area contributed by atoms with Crippen molar-refractivity contribution in [2.75, 3.05) is 6.61 Å². The molecular weight excluding hydrogens is 448 g/mol. The van der Waals surface area contributed by atoms with Crippen LogP contribution in [0.2, 0.25) is 0 Å². The number of rotatable bonds is 10. The van der Waals surface area contributed by atoms with Crippen molar-refractivity contribution in [3.63, 3.8) is 0 Å². The Morgan fingerprint density at radius 3 is 2.39 bits per heavy atom. The maximum Gasteiger partial charge on any atom is 0.305 e. The minimum absolute atomic E-state index is 0.0225. The molecule has 208 valence electrons. The van der Waals surface area contributed by atoms with Crippen LogP contribution in [0.25, 0.3) is 0 Å². The molecule has 0 saturated heterocycles. The van der Waals surface area contributed by atoms with E-state index in [1.54, 1.807) is 0 Å². The van der Waals surface area contributed by atoms with Gasteiger partial charge in [-0.25, -0.2) is 0 Å². The van der Waals surface area contributed by atoms with Crippen molar-refractivity contribution in [3.05, 3.63) is 0 Å². The Bertz CT molecular complexity index is 738. The van der Waals surface area contributed by atoms with Crippen LogP contribution in [0.4, 0.5) is 0 Å². The number of fused-ring (bicyclic) bond motifs is 5. The van der Waals surface area contributed by atoms with Crippen molar-refractivity contribution < 1.29 is 19.7 Å². The van der Waals surface area contributed by atoms with Crippen LogP contribution >= 0.6 is 0 Å². The number of hydrogen-bond acceptors (Lipinski definition) is 4. The van der Waals surface area contributed by atoms with Crippen molar-refractivity contribution in [1.82, 2.24) is 0 Å². The smallest absolute Gasteiger partial charge is 0.305 e. The zero-order valence-corrected chi connectivity index (χ0v) is 24.0. The van der Waals surface area contributed by atoms with E-state index in [-0.39, 0.29) is 29.0 Å². The van der Waals surface area contributed by atoms with E-state index >= 15 is 0 Å². The molecular formula is C32H56O4. The summed E-state index contributed by atoms with van der Waals surface area (Å²) in [5.41, 5.74) is 0.543. The molecule has 4 aliphatic rings. The lowest BCUT2D eigenvalue weighted by Crippen LogP contribution is -2.62. The van der Waals surface area contributed by atoms with E-state index in [1.807, 2.05) is 0 Å². The summed E-state index contributed by atoms with van der Waals surface area (Å²) in [5.74, 6) is 3.54. The molecule has 0 amide bonds. The average molecular weight is 505 g/mol. The Hall–Kier alpha value is -0.610. The number of carbonyl (C=O) groups is 1. The predicted octanol–water partition coefficient (Wildman–Crippen LogP) is 7.15. The second-order valence-corrected chi connectivity index (χ2v) is 13.9. The molecule has 4 aliphatic carbocycles. The van der Waals surface area contributed by atoms with Crippen LogP contribution < -0.4 is 0 Å². The summed E-state index contributed by atoms with van der Waals surface area (Å²) in [5, 5.41) is 22.4. The van der Waals surface area contributed by atoms with Gasteiger partial charge in [-0.3, -0.25) is 4.79 Å². The van der Waals surface area contributed by atoms with Crippen molar-refractivity contribution in [3.8, 4) is 0 Å². The quantitative estimate of drug-likeness (QED) is 0.245. The van der Waals surface area contributed by atoms with Crippen molar-refractivity contribution >= 4 is 5.97 Å². The number of hydrogen-bond donors (Lipinski definition) is 2. The number of ether oxygens (including phenoxy) is 1. The monoisotopic (exact) mass is 504 g/mol. The van der Waals surface area contributed by atoms with E-state index in [9.17, 15) is 15.0 Å². The summed E-state index contributed by atoms with van der Waals surface area (Å²) in [6.07, 6.45) is 14.5. The summed E-state index contributed by atoms with van der Waals surface area (Å²) in [6.45, 7) is 12.4. The van der Waals surface area contributed by atoms with Crippen LogP contribution in [-0.4, -0.2) is 35.0 Å². The van der Waals surface area contributed by atoms with Gasteiger partial charge in [-0.15, -0.1) is 0 Å². The molecule has 36 heavy (non-hydrogen) atoms. The fourth-order valence-electron chi connectivity index (χ4n) is 10.3. The van der Waals surface area contributed by atoms with Crippen molar-refractivity contribution in [1.29, 1.82) is 0 Å². The molecule has 4 rings (SSSR count). The van der Waals surface area contributed by atoms with Crippen LogP contribution in [-0.2, 0) is 9.53 Å². The topological polar surface area (TPSA) is 66.8 Å². The van der Waals surface area contributed by atoms with E-state index in [1.165, 1.54) is 38.5 Å². The standard InChI is InChI=1S/C32H56O4/c1-6-8-9-10-11-28(34)36-19-16-21(3)24-12-13-25-29-26(15-18-31(24,25)4)32(5)17-14-22(33)20-27(32)23(7-2)30(29)35/h21-27,29-30,33,35H,6-20H2,1-5H3/t21-,22-,23-,24-,25+,26+,27+,29+,30-,31-,32-/m1/s1. The molecule has 4 saturated carbocycles. The van der Waals surface area contributed by atoms with Crippen LogP contribution in [0.1, 0.15) is 125 Å². The van der Waals surface area contributed by atoms with Gasteiger partial charge < -0.3 is 14.9 Å². The summed E-state index contributed by atoms with van der Waals surface area (Å²) < 4.78 is 5.63. The first-order chi connectivity index (χ1) is 17.2. The maximum absolute atomic E-state index is 12.2. The molecule has 0 heterocycles. The maximum atomic E-state index is 12.2. The van der Waals surface area contributed by atoms with Gasteiger partial charge in [-0.1, -0.05) is 60.3 Å². The minimum Gasteiger partial charge on any atom is -0.466 e. The van der Waals surface area contributed by atoms with Gasteiger partial charge in [0.05, 0.1) is 18.8 Å². The van der Waals surface area contributed by atoms with Crippen LogP contribution in [0.5, 0.6) is 0 Å². The third kappa shape index (κ3) is 5.16. The van der Waals surface area contributed by atoms with Gasteiger partial charge in [0.15, 0.2) is 0 Å². The lowest BCUT2D eigenvalue weighted by Gasteiger charge is -2.64. The Balaban J connectivity index is 1.40. The lowest BCUT2D eigenvalue weighted by molar-refractivity contribution is -0.203. The third-order valence-electron chi connectivity index (χ3n) is 12.2. The number of aliphatic hydroxyl groups excluding tert-OH is 2. The van der Waals surface area contributed by atoms with Crippen LogP contribution in [0, 0.1) is 52.3 Å². The van der Waals surface area contributed by atoms with Gasteiger partial charge in [0.2, 0.25) is 0 Å². The Morgan fingerprint density at radius 2 is 1.67 bits per heavy atom. The zero-order chi connectivity index (χ0) is 26.1. The summed E-state index contributed by atoms with van der Waals surface area (Å²) >= 11 is 0. The number of aliphatic hydroxyl groups is 2. The number of unbranched alkanes of at least 4 members (excludes halogenated alkanes) is 3. The molecule has 4 heteroatoms. The fraction of sp³-hybridized carbons (Fsp3) is 0.969. The molecule has 2 N–H and O–H groups in total. The molecule has 0 bridgehead atoms. The molecule has 4 nitrogen and oxygen atoms in total. The highest BCUT2D eigenvalue weighted by Crippen LogP contribution is 2.69. The van der Waals surface area contributed by atoms with E-state index in [0.29, 0.717) is 54.5 Å². The summed E-state index contributed by atoms with van der Waals surface area (Å²) in [6, 6.07) is 0. The Labute approximate surface area is 221 Å². The average Bonchev–Trinajstić information content (AvgIpc) is 3.20. The largest absolute Gasteiger partial charge is 0.466 e. The second-order valence-electron chi connectivity index (χ2n) is 13.9. The van der Waals surface area contributed by atoms with Crippen LogP contribution in [0.15, 0.2) is 0 Å². The lowest BCUT2D eigenvalue weighted by atomic mass is 9.41. The highest BCUT2D eigenvalue weighted by atomic mass is 16.5. The van der Waals surface area contributed by atoms with Gasteiger partial charge in [0.1, 0.15) is 0 Å². The number of carbonyl (C=O) groups excluding carboxylic acids is 1. The normalized spacial score (nSPS) is 44.9. The first-order valence-corrected chi connectivity index (χ1v) is 15.7. The molecule has 0 unspecified atom stereocenters. The second kappa shape index (κ2) is 11.6. The van der Waals surface area contributed by atoms with E-state index in [0.717, 1.165) is 44.9 Å². The molecule has 0 aromatic carbocycles. The summed E-state index contributed by atoms with van der Waals surface area (Å²) in [7, 11) is 0. The SMILES string of the molecule is CCCCCCC(=O)OCC[C@@H](C)[C@H]1CC[C@H]2[C@@H]3[C@H](O)[C@H](CC)[C@@H]4C[C@H](O)CC[C@]4(C)[C@H]3CC[C@]12C. The molecule has 11 atom stereocenters. The van der Waals surface area contributed by atoms with Crippen molar-refractivity contribution in [2.24, 2.45) is 52.3 Å². The van der Waals surface area contributed by atoms with Gasteiger partial charge in [0.25, 0.3) is 0 Å². The highest BCUT2D eigenvalue weighted by molar-refractivity contribution is 5.69. The predicted molar refractivity (Wildman–Crippen MR) is 145 cm³/mol. The molecule has 0 aromatic rings. The minimum atomic E-state index is -0.226. The fourth-order valence-corrected chi connectivity index (χ4v) is 10.3.